The van der Waals surface area contributed by atoms with E-state index in [2.05, 4.69) is 15.2 Å². The average Bonchev–Trinajstić information content (AvgIpc) is 3.05. The van der Waals surface area contributed by atoms with Crippen molar-refractivity contribution in [2.24, 2.45) is 7.05 Å². The van der Waals surface area contributed by atoms with Crippen molar-refractivity contribution >= 4 is 0 Å². The van der Waals surface area contributed by atoms with Gasteiger partial charge in [-0.15, -0.1) is 0 Å². The summed E-state index contributed by atoms with van der Waals surface area (Å²) in [4.78, 5) is 4.47. The van der Waals surface area contributed by atoms with E-state index < -0.39 is 0 Å². The SMILES string of the molecule is COc1ccc(-c2noc(-c3c(C)nn(C)c3C)n2)cc1. The molecule has 0 spiro atoms. The number of methoxy groups -OCH3 is 1. The van der Waals surface area contributed by atoms with Crippen LogP contribution in [0.2, 0.25) is 0 Å². The fourth-order valence-corrected chi connectivity index (χ4v) is 2.27. The van der Waals surface area contributed by atoms with Crippen molar-refractivity contribution in [1.82, 2.24) is 19.9 Å². The first-order valence-corrected chi connectivity index (χ1v) is 6.59. The van der Waals surface area contributed by atoms with Gasteiger partial charge in [-0.25, -0.2) is 0 Å². The van der Waals surface area contributed by atoms with Gasteiger partial charge in [0.05, 0.1) is 18.4 Å². The van der Waals surface area contributed by atoms with E-state index in [9.17, 15) is 0 Å². The van der Waals surface area contributed by atoms with Gasteiger partial charge in [-0.3, -0.25) is 4.68 Å². The van der Waals surface area contributed by atoms with Crippen LogP contribution >= 0.6 is 0 Å². The van der Waals surface area contributed by atoms with Gasteiger partial charge >= 0.3 is 0 Å². The summed E-state index contributed by atoms with van der Waals surface area (Å²) in [5, 5.41) is 8.41. The number of hydrogen-bond acceptors (Lipinski definition) is 5. The van der Waals surface area contributed by atoms with Crippen LogP contribution in [0.3, 0.4) is 0 Å². The highest BCUT2D eigenvalue weighted by Gasteiger charge is 2.18. The monoisotopic (exact) mass is 284 g/mol. The Balaban J connectivity index is 1.99. The summed E-state index contributed by atoms with van der Waals surface area (Å²) < 4.78 is 12.3. The Morgan fingerprint density at radius 3 is 2.43 bits per heavy atom. The number of aromatic nitrogens is 4. The fourth-order valence-electron chi connectivity index (χ4n) is 2.27. The number of aryl methyl sites for hydroxylation is 2. The molecular weight excluding hydrogens is 268 g/mol. The van der Waals surface area contributed by atoms with Crippen molar-refractivity contribution in [2.45, 2.75) is 13.8 Å². The molecule has 0 aliphatic rings. The van der Waals surface area contributed by atoms with Gasteiger partial charge in [0.15, 0.2) is 0 Å². The smallest absolute Gasteiger partial charge is 0.261 e. The van der Waals surface area contributed by atoms with E-state index in [1.54, 1.807) is 7.11 Å². The second kappa shape index (κ2) is 5.05. The number of nitrogens with zero attached hydrogens (tertiary/aromatic N) is 4. The Morgan fingerprint density at radius 2 is 1.86 bits per heavy atom. The molecule has 0 unspecified atom stereocenters. The van der Waals surface area contributed by atoms with Crippen LogP contribution in [0.4, 0.5) is 0 Å². The lowest BCUT2D eigenvalue weighted by Gasteiger charge is -1.99. The molecule has 6 nitrogen and oxygen atoms in total. The Labute approximate surface area is 122 Å². The second-order valence-electron chi connectivity index (χ2n) is 4.82. The topological polar surface area (TPSA) is 66.0 Å². The van der Waals surface area contributed by atoms with E-state index in [0.29, 0.717) is 11.7 Å². The molecule has 0 saturated heterocycles. The van der Waals surface area contributed by atoms with Crippen LogP contribution < -0.4 is 4.74 Å². The minimum absolute atomic E-state index is 0.490. The van der Waals surface area contributed by atoms with E-state index in [1.807, 2.05) is 49.8 Å². The molecule has 0 atom stereocenters. The molecule has 0 N–H and O–H groups in total. The van der Waals surface area contributed by atoms with Crippen LogP contribution in [-0.2, 0) is 7.05 Å². The first-order chi connectivity index (χ1) is 10.1. The zero-order valence-corrected chi connectivity index (χ0v) is 12.4. The summed E-state index contributed by atoms with van der Waals surface area (Å²) in [6.07, 6.45) is 0. The van der Waals surface area contributed by atoms with Crippen LogP contribution in [0.1, 0.15) is 11.4 Å². The predicted molar refractivity (Wildman–Crippen MR) is 78.0 cm³/mol. The number of benzene rings is 1. The third-order valence-corrected chi connectivity index (χ3v) is 3.50. The first kappa shape index (κ1) is 13.4. The van der Waals surface area contributed by atoms with Crippen molar-refractivity contribution in [1.29, 1.82) is 0 Å². The highest BCUT2D eigenvalue weighted by molar-refractivity contribution is 5.63. The van der Waals surface area contributed by atoms with Gasteiger partial charge in [0, 0.05) is 18.3 Å². The fraction of sp³-hybridized carbons (Fsp3) is 0.267. The lowest BCUT2D eigenvalue weighted by atomic mass is 10.2. The quantitative estimate of drug-likeness (QED) is 0.740. The molecular formula is C15H16N4O2. The second-order valence-corrected chi connectivity index (χ2v) is 4.82. The minimum atomic E-state index is 0.490. The van der Waals surface area contributed by atoms with Gasteiger partial charge in [0.2, 0.25) is 5.82 Å². The van der Waals surface area contributed by atoms with E-state index in [4.69, 9.17) is 9.26 Å². The maximum absolute atomic E-state index is 5.39. The molecule has 2 heterocycles. The number of hydrogen-bond donors (Lipinski definition) is 0. The summed E-state index contributed by atoms with van der Waals surface area (Å²) >= 11 is 0. The summed E-state index contributed by atoms with van der Waals surface area (Å²) in [6.45, 7) is 3.91. The van der Waals surface area contributed by atoms with Crippen LogP contribution in [0, 0.1) is 13.8 Å². The molecule has 108 valence electrons. The molecule has 21 heavy (non-hydrogen) atoms. The molecule has 0 fully saturated rings. The van der Waals surface area contributed by atoms with Crippen LogP contribution in [0.25, 0.3) is 22.8 Å². The largest absolute Gasteiger partial charge is 0.497 e. The van der Waals surface area contributed by atoms with Crippen molar-refractivity contribution < 1.29 is 9.26 Å². The highest BCUT2D eigenvalue weighted by atomic mass is 16.5. The Hall–Kier alpha value is -2.63. The van der Waals surface area contributed by atoms with Crippen LogP contribution in [0.15, 0.2) is 28.8 Å². The van der Waals surface area contributed by atoms with Crippen LogP contribution in [0.5, 0.6) is 5.75 Å². The van der Waals surface area contributed by atoms with Crippen molar-refractivity contribution in [3.8, 4) is 28.6 Å². The lowest BCUT2D eigenvalue weighted by molar-refractivity contribution is 0.414. The van der Waals surface area contributed by atoms with Crippen molar-refractivity contribution in [3.63, 3.8) is 0 Å². The van der Waals surface area contributed by atoms with E-state index >= 15 is 0 Å². The summed E-state index contributed by atoms with van der Waals surface area (Å²) in [6, 6.07) is 7.53. The van der Waals surface area contributed by atoms with Crippen molar-refractivity contribution in [3.05, 3.63) is 35.7 Å². The molecule has 3 rings (SSSR count). The molecule has 0 radical (unpaired) electrons. The molecule has 0 bridgehead atoms. The molecule has 1 aromatic carbocycles. The van der Waals surface area contributed by atoms with Gasteiger partial charge in [0.1, 0.15) is 5.75 Å². The van der Waals surface area contributed by atoms with E-state index in [0.717, 1.165) is 28.3 Å². The molecule has 2 aromatic heterocycles. The van der Waals surface area contributed by atoms with Gasteiger partial charge in [0.25, 0.3) is 5.89 Å². The predicted octanol–water partition coefficient (Wildman–Crippen LogP) is 2.76. The minimum Gasteiger partial charge on any atom is -0.497 e. The average molecular weight is 284 g/mol. The summed E-state index contributed by atoms with van der Waals surface area (Å²) in [5.41, 5.74) is 3.65. The van der Waals surface area contributed by atoms with Crippen LogP contribution in [-0.4, -0.2) is 27.0 Å². The maximum Gasteiger partial charge on any atom is 0.261 e. The highest BCUT2D eigenvalue weighted by Crippen LogP contribution is 2.27. The zero-order valence-electron chi connectivity index (χ0n) is 12.4. The Morgan fingerprint density at radius 1 is 1.14 bits per heavy atom. The Bertz CT molecular complexity index is 772. The molecule has 0 aliphatic heterocycles. The number of rotatable bonds is 3. The molecule has 0 amide bonds. The zero-order chi connectivity index (χ0) is 15.0. The lowest BCUT2D eigenvalue weighted by Crippen LogP contribution is -1.92. The summed E-state index contributed by atoms with van der Waals surface area (Å²) in [7, 11) is 3.53. The van der Waals surface area contributed by atoms with E-state index in [-0.39, 0.29) is 0 Å². The maximum atomic E-state index is 5.39. The van der Waals surface area contributed by atoms with Crippen molar-refractivity contribution in [2.75, 3.05) is 7.11 Å². The van der Waals surface area contributed by atoms with Gasteiger partial charge < -0.3 is 9.26 Å². The molecule has 6 heteroatoms. The third-order valence-electron chi connectivity index (χ3n) is 3.50. The van der Waals surface area contributed by atoms with Gasteiger partial charge in [-0.1, -0.05) is 5.16 Å². The van der Waals surface area contributed by atoms with E-state index in [1.165, 1.54) is 0 Å². The Kier molecular flexibility index (Phi) is 3.21. The molecule has 3 aromatic rings. The molecule has 0 aliphatic carbocycles. The number of ether oxygens (including phenoxy) is 1. The first-order valence-electron chi connectivity index (χ1n) is 6.59. The standard InChI is InChI=1S/C15H16N4O2/c1-9-13(10(2)19(3)17-9)15-16-14(18-21-15)11-5-7-12(20-4)8-6-11/h5-8H,1-4H3. The summed E-state index contributed by atoms with van der Waals surface area (Å²) in [5.74, 6) is 1.83. The van der Waals surface area contributed by atoms with Gasteiger partial charge in [-0.2, -0.15) is 10.1 Å². The van der Waals surface area contributed by atoms with Gasteiger partial charge in [-0.05, 0) is 38.1 Å². The third kappa shape index (κ3) is 2.29. The molecule has 0 saturated carbocycles. The normalized spacial score (nSPS) is 10.9.